The maximum Gasteiger partial charge on any atom is 0.269 e. The Hall–Kier alpha value is -2.04. The number of hydrogen-bond donors (Lipinski definition) is 1. The first-order valence-electron chi connectivity index (χ1n) is 9.83. The van der Waals surface area contributed by atoms with Crippen molar-refractivity contribution >= 4 is 51.4 Å². The molecule has 1 unspecified atom stereocenters. The van der Waals surface area contributed by atoms with E-state index in [4.69, 9.17) is 14.9 Å². The van der Waals surface area contributed by atoms with E-state index in [0.717, 1.165) is 15.1 Å². The van der Waals surface area contributed by atoms with Crippen LogP contribution in [0.1, 0.15) is 0 Å². The van der Waals surface area contributed by atoms with Crippen LogP contribution in [-0.2, 0) is 14.3 Å². The quantitative estimate of drug-likeness (QED) is 0.317. The molecule has 2 aromatic rings. The summed E-state index contributed by atoms with van der Waals surface area (Å²) in [6.07, 6.45) is 1.64. The van der Waals surface area contributed by atoms with E-state index in [1.54, 1.807) is 18.2 Å². The number of aliphatic imine (C=N–C) groups is 1. The van der Waals surface area contributed by atoms with Crippen LogP contribution in [0.5, 0.6) is 0 Å². The molecule has 1 heterocycles. The van der Waals surface area contributed by atoms with Gasteiger partial charge in [0, 0.05) is 35.8 Å². The highest BCUT2D eigenvalue weighted by Gasteiger charge is 2.31. The number of rotatable bonds is 9. The zero-order valence-electron chi connectivity index (χ0n) is 17.2. The first kappa shape index (κ1) is 23.6. The second-order valence-corrected chi connectivity index (χ2v) is 8.68. The second kappa shape index (κ2) is 12.1. The lowest BCUT2D eigenvalue weighted by Crippen LogP contribution is -2.50. The summed E-state index contributed by atoms with van der Waals surface area (Å²) in [4.78, 5) is 20.2. The average molecular weight is 505 g/mol. The summed E-state index contributed by atoms with van der Waals surface area (Å²) in [5, 5.41) is 8.74. The van der Waals surface area contributed by atoms with Gasteiger partial charge in [0.25, 0.3) is 5.91 Å². The molecule has 1 fully saturated rings. The number of ether oxygens (including phenoxy) is 2. The summed E-state index contributed by atoms with van der Waals surface area (Å²) in [5.74, 6) is -0.318. The highest BCUT2D eigenvalue weighted by atomic mass is 79.9. The molecule has 0 aliphatic carbocycles. The van der Waals surface area contributed by atoms with E-state index in [1.165, 1.54) is 11.9 Å². The number of nitrogens with one attached hydrogen (secondary N) is 1. The lowest BCUT2D eigenvalue weighted by molar-refractivity contribution is -0.128. The van der Waals surface area contributed by atoms with Crippen LogP contribution in [0.4, 0.5) is 5.69 Å². The van der Waals surface area contributed by atoms with Crippen molar-refractivity contribution in [3.05, 3.63) is 59.1 Å². The minimum absolute atomic E-state index is 0.0572. The van der Waals surface area contributed by atoms with Crippen molar-refractivity contribution in [3.8, 4) is 0 Å². The number of carbonyl (C=O) groups is 1. The van der Waals surface area contributed by atoms with Gasteiger partial charge in [0.2, 0.25) is 0 Å². The number of carbonyl (C=O) groups excluding carboxylic acids is 1. The summed E-state index contributed by atoms with van der Waals surface area (Å²) in [6, 6.07) is 16.6. The predicted octanol–water partition coefficient (Wildman–Crippen LogP) is 4.01. The highest BCUT2D eigenvalue weighted by Crippen LogP contribution is 2.31. The molecule has 0 saturated carbocycles. The van der Waals surface area contributed by atoms with Gasteiger partial charge in [-0.3, -0.25) is 15.2 Å². The largest absolute Gasteiger partial charge is 0.378 e. The maximum absolute atomic E-state index is 13.1. The van der Waals surface area contributed by atoms with Crippen LogP contribution in [0.25, 0.3) is 0 Å². The maximum atomic E-state index is 13.1. The van der Waals surface area contributed by atoms with Gasteiger partial charge >= 0.3 is 0 Å². The van der Waals surface area contributed by atoms with Crippen molar-refractivity contribution in [2.24, 2.45) is 4.99 Å². The van der Waals surface area contributed by atoms with Crippen LogP contribution in [0, 0.1) is 5.41 Å². The van der Waals surface area contributed by atoms with E-state index in [2.05, 4.69) is 20.9 Å². The Morgan fingerprint density at radius 2 is 1.94 bits per heavy atom. The molecule has 1 amide bonds. The fourth-order valence-electron chi connectivity index (χ4n) is 2.96. The standard InChI is InChI=1S/C22H25BrN4O3S/c1-29-16-27(31-20-10-6-5-9-18(20)23)19(15-25-17-7-3-2-4-8-17)21(24)22(28)26-11-13-30-14-12-26/h2-10,15,19,24H,11-14,16H2,1H3. The van der Waals surface area contributed by atoms with Crippen molar-refractivity contribution in [2.75, 3.05) is 40.1 Å². The van der Waals surface area contributed by atoms with E-state index < -0.39 is 6.04 Å². The topological polar surface area (TPSA) is 78.2 Å². The summed E-state index contributed by atoms with van der Waals surface area (Å²) in [5.41, 5.74) is 0.695. The van der Waals surface area contributed by atoms with Gasteiger partial charge in [0.1, 0.15) is 18.5 Å². The Labute approximate surface area is 195 Å². The molecular weight excluding hydrogens is 480 g/mol. The van der Waals surface area contributed by atoms with Gasteiger partial charge in [-0.1, -0.05) is 30.3 Å². The lowest BCUT2D eigenvalue weighted by Gasteiger charge is -2.31. The molecule has 1 saturated heterocycles. The van der Waals surface area contributed by atoms with Crippen molar-refractivity contribution in [1.82, 2.24) is 9.21 Å². The van der Waals surface area contributed by atoms with E-state index in [0.29, 0.717) is 26.3 Å². The van der Waals surface area contributed by atoms with Gasteiger partial charge in [-0.05, 0) is 52.1 Å². The molecule has 164 valence electrons. The van der Waals surface area contributed by atoms with Gasteiger partial charge in [-0.15, -0.1) is 0 Å². The monoisotopic (exact) mass is 504 g/mol. The Morgan fingerprint density at radius 3 is 2.61 bits per heavy atom. The normalized spacial score (nSPS) is 15.4. The van der Waals surface area contributed by atoms with Crippen molar-refractivity contribution in [1.29, 1.82) is 5.41 Å². The molecule has 1 aliphatic heterocycles. The lowest BCUT2D eigenvalue weighted by atomic mass is 10.1. The van der Waals surface area contributed by atoms with Gasteiger partial charge < -0.3 is 14.4 Å². The Kier molecular flexibility index (Phi) is 9.23. The Bertz CT molecular complexity index is 907. The number of benzene rings is 2. The van der Waals surface area contributed by atoms with Gasteiger partial charge in [-0.2, -0.15) is 0 Å². The zero-order chi connectivity index (χ0) is 22.1. The van der Waals surface area contributed by atoms with Crippen molar-refractivity contribution < 1.29 is 14.3 Å². The molecule has 0 radical (unpaired) electrons. The molecule has 3 rings (SSSR count). The van der Waals surface area contributed by atoms with Crippen molar-refractivity contribution in [3.63, 3.8) is 0 Å². The number of nitrogens with zero attached hydrogens (tertiary/aromatic N) is 3. The fraction of sp³-hybridized carbons (Fsp3) is 0.318. The molecule has 7 nitrogen and oxygen atoms in total. The highest BCUT2D eigenvalue weighted by molar-refractivity contribution is 9.10. The predicted molar refractivity (Wildman–Crippen MR) is 127 cm³/mol. The van der Waals surface area contributed by atoms with Crippen molar-refractivity contribution in [2.45, 2.75) is 10.9 Å². The molecular formula is C22H25BrN4O3S. The van der Waals surface area contributed by atoms with Crippen LogP contribution in [0.3, 0.4) is 0 Å². The third kappa shape index (κ3) is 6.72. The van der Waals surface area contributed by atoms with Crippen LogP contribution < -0.4 is 0 Å². The summed E-state index contributed by atoms with van der Waals surface area (Å²) in [6.45, 7) is 2.12. The Balaban J connectivity index is 1.89. The molecule has 0 aromatic heterocycles. The number of methoxy groups -OCH3 is 1. The first-order chi connectivity index (χ1) is 15.1. The van der Waals surface area contributed by atoms with Gasteiger partial charge in [0.05, 0.1) is 18.9 Å². The number of morpholine rings is 1. The second-order valence-electron chi connectivity index (χ2n) is 6.73. The molecule has 1 aliphatic rings. The molecule has 31 heavy (non-hydrogen) atoms. The molecule has 0 bridgehead atoms. The third-order valence-corrected chi connectivity index (χ3v) is 6.64. The first-order valence-corrected chi connectivity index (χ1v) is 11.4. The van der Waals surface area contributed by atoms with Crippen LogP contribution in [0.15, 0.2) is 69.0 Å². The zero-order valence-corrected chi connectivity index (χ0v) is 19.6. The van der Waals surface area contributed by atoms with E-state index in [1.807, 2.05) is 58.9 Å². The van der Waals surface area contributed by atoms with E-state index in [-0.39, 0.29) is 18.3 Å². The van der Waals surface area contributed by atoms with Crippen LogP contribution in [-0.4, -0.2) is 73.2 Å². The molecule has 2 aromatic carbocycles. The average Bonchev–Trinajstić information content (AvgIpc) is 2.81. The molecule has 0 spiro atoms. The molecule has 9 heteroatoms. The van der Waals surface area contributed by atoms with Gasteiger partial charge in [0.15, 0.2) is 0 Å². The minimum atomic E-state index is -0.687. The molecule has 1 N–H and O–H groups in total. The third-order valence-electron chi connectivity index (χ3n) is 4.56. The van der Waals surface area contributed by atoms with E-state index in [9.17, 15) is 4.79 Å². The smallest absolute Gasteiger partial charge is 0.269 e. The number of halogens is 1. The van der Waals surface area contributed by atoms with Crippen LogP contribution >= 0.6 is 27.9 Å². The number of para-hydroxylation sites is 1. The minimum Gasteiger partial charge on any atom is -0.378 e. The number of amides is 1. The summed E-state index contributed by atoms with van der Waals surface area (Å²) >= 11 is 4.97. The summed E-state index contributed by atoms with van der Waals surface area (Å²) < 4.78 is 13.5. The number of hydrogen-bond acceptors (Lipinski definition) is 7. The SMILES string of the molecule is COCN(Sc1ccccc1Br)C(C=Nc1ccccc1)C(=N)C(=O)N1CCOCC1. The summed E-state index contributed by atoms with van der Waals surface area (Å²) in [7, 11) is 1.59. The van der Waals surface area contributed by atoms with Gasteiger partial charge in [-0.25, -0.2) is 4.31 Å². The Morgan fingerprint density at radius 1 is 1.26 bits per heavy atom. The van der Waals surface area contributed by atoms with E-state index >= 15 is 0 Å². The fourth-order valence-corrected chi connectivity index (χ4v) is 4.44. The molecule has 1 atom stereocenters. The van der Waals surface area contributed by atoms with Crippen LogP contribution in [0.2, 0.25) is 0 Å².